The number of carbonyl (C=O) groups excluding carboxylic acids is 2. The Morgan fingerprint density at radius 2 is 2.10 bits per heavy atom. The van der Waals surface area contributed by atoms with Crippen molar-refractivity contribution in [2.24, 2.45) is 0 Å². The zero-order valence-corrected chi connectivity index (χ0v) is 11.9. The third-order valence-electron chi connectivity index (χ3n) is 2.48. The minimum atomic E-state index is -0.521. The van der Waals surface area contributed by atoms with E-state index in [0.29, 0.717) is 12.1 Å². The summed E-state index contributed by atoms with van der Waals surface area (Å²) in [7, 11) is 0. The molecule has 0 aliphatic heterocycles. The van der Waals surface area contributed by atoms with Crippen molar-refractivity contribution in [2.75, 3.05) is 6.54 Å². The summed E-state index contributed by atoms with van der Waals surface area (Å²) in [5, 5.41) is 15.8. The predicted molar refractivity (Wildman–Crippen MR) is 78.2 cm³/mol. The van der Waals surface area contributed by atoms with Gasteiger partial charge in [0.05, 0.1) is 4.92 Å². The largest absolute Gasteiger partial charge is 0.351 e. The van der Waals surface area contributed by atoms with Crippen molar-refractivity contribution in [1.82, 2.24) is 10.6 Å². The summed E-state index contributed by atoms with van der Waals surface area (Å²) in [6.45, 7) is 3.67. The third-order valence-corrected chi connectivity index (χ3v) is 2.48. The highest BCUT2D eigenvalue weighted by molar-refractivity contribution is 6.00. The molecule has 2 N–H and O–H groups in total. The van der Waals surface area contributed by atoms with Crippen molar-refractivity contribution < 1.29 is 14.5 Å². The average Bonchev–Trinajstić information content (AvgIpc) is 2.43. The van der Waals surface area contributed by atoms with Crippen LogP contribution in [0.3, 0.4) is 0 Å². The first-order valence-corrected chi connectivity index (χ1v) is 6.46. The van der Waals surface area contributed by atoms with Crippen LogP contribution in [-0.2, 0) is 9.59 Å². The highest BCUT2D eigenvalue weighted by Crippen LogP contribution is 2.15. The topological polar surface area (TPSA) is 101 Å². The first-order valence-electron chi connectivity index (χ1n) is 6.46. The van der Waals surface area contributed by atoms with E-state index in [0.717, 1.165) is 6.42 Å². The van der Waals surface area contributed by atoms with Gasteiger partial charge in [0.2, 0.25) is 5.91 Å². The number of carbonyl (C=O) groups is 2. The molecule has 1 aromatic carbocycles. The van der Waals surface area contributed by atoms with Gasteiger partial charge in [-0.25, -0.2) is 0 Å². The summed E-state index contributed by atoms with van der Waals surface area (Å²) < 4.78 is 0. The second-order valence-corrected chi connectivity index (χ2v) is 4.35. The van der Waals surface area contributed by atoms with Crippen LogP contribution >= 0.6 is 0 Å². The van der Waals surface area contributed by atoms with Crippen LogP contribution in [-0.4, -0.2) is 23.3 Å². The average molecular weight is 291 g/mol. The van der Waals surface area contributed by atoms with Crippen LogP contribution in [0.5, 0.6) is 0 Å². The molecule has 0 heterocycles. The molecule has 0 radical (unpaired) electrons. The van der Waals surface area contributed by atoms with E-state index in [9.17, 15) is 19.7 Å². The molecule has 0 atom stereocenters. The van der Waals surface area contributed by atoms with Crippen molar-refractivity contribution in [3.8, 4) is 0 Å². The number of nitro groups is 1. The first kappa shape index (κ1) is 16.4. The van der Waals surface area contributed by atoms with Crippen molar-refractivity contribution in [3.05, 3.63) is 45.6 Å². The number of amides is 2. The van der Waals surface area contributed by atoms with Crippen LogP contribution in [0.25, 0.3) is 6.08 Å². The summed E-state index contributed by atoms with van der Waals surface area (Å²) in [5.41, 5.74) is 0.427. The molecule has 0 bridgehead atoms. The number of benzene rings is 1. The number of nitrogens with one attached hydrogen (secondary N) is 2. The van der Waals surface area contributed by atoms with E-state index in [4.69, 9.17) is 0 Å². The van der Waals surface area contributed by atoms with Crippen LogP contribution < -0.4 is 10.6 Å². The van der Waals surface area contributed by atoms with Crippen LogP contribution in [0.2, 0.25) is 0 Å². The number of nitro benzene ring substituents is 1. The highest BCUT2D eigenvalue weighted by Gasteiger charge is 2.11. The summed E-state index contributed by atoms with van der Waals surface area (Å²) >= 11 is 0. The molecule has 7 nitrogen and oxygen atoms in total. The van der Waals surface area contributed by atoms with E-state index in [-0.39, 0.29) is 11.4 Å². The lowest BCUT2D eigenvalue weighted by molar-refractivity contribution is -0.384. The van der Waals surface area contributed by atoms with Crippen molar-refractivity contribution in [3.63, 3.8) is 0 Å². The lowest BCUT2D eigenvalue weighted by Gasteiger charge is -2.08. The SMILES string of the molecule is CCCNC(=O)/C(=C\c1cccc([N+](=O)[O-])c1)NC(C)=O. The molecule has 0 saturated heterocycles. The van der Waals surface area contributed by atoms with Gasteiger partial charge in [-0.05, 0) is 18.1 Å². The lowest BCUT2D eigenvalue weighted by atomic mass is 10.1. The Morgan fingerprint density at radius 1 is 1.38 bits per heavy atom. The number of non-ortho nitro benzene ring substituents is 1. The number of hydrogen-bond acceptors (Lipinski definition) is 4. The maximum absolute atomic E-state index is 11.9. The summed E-state index contributed by atoms with van der Waals surface area (Å²) in [4.78, 5) is 33.3. The minimum Gasteiger partial charge on any atom is -0.351 e. The molecule has 0 unspecified atom stereocenters. The lowest BCUT2D eigenvalue weighted by Crippen LogP contribution is -2.34. The maximum Gasteiger partial charge on any atom is 0.270 e. The van der Waals surface area contributed by atoms with Gasteiger partial charge in [-0.2, -0.15) is 0 Å². The first-order chi connectivity index (χ1) is 9.93. The minimum absolute atomic E-state index is 0.0523. The second kappa shape index (κ2) is 7.78. The van der Waals surface area contributed by atoms with Gasteiger partial charge in [0, 0.05) is 25.6 Å². The zero-order valence-electron chi connectivity index (χ0n) is 11.9. The van der Waals surface area contributed by atoms with Crippen molar-refractivity contribution >= 4 is 23.6 Å². The quantitative estimate of drug-likeness (QED) is 0.472. The molecule has 1 rings (SSSR count). The summed E-state index contributed by atoms with van der Waals surface area (Å²) in [5.74, 6) is -0.822. The monoisotopic (exact) mass is 291 g/mol. The Balaban J connectivity index is 3.06. The van der Waals surface area contributed by atoms with E-state index in [1.807, 2.05) is 6.92 Å². The molecule has 0 aromatic heterocycles. The number of rotatable bonds is 6. The summed E-state index contributed by atoms with van der Waals surface area (Å²) in [6.07, 6.45) is 2.16. The molecule has 0 saturated carbocycles. The molecule has 0 fully saturated rings. The standard InChI is InChI=1S/C14H17N3O4/c1-3-7-15-14(19)13(16-10(2)18)9-11-5-4-6-12(8-11)17(20)21/h4-6,8-9H,3,7H2,1-2H3,(H,15,19)(H,16,18)/b13-9+. The van der Waals surface area contributed by atoms with E-state index in [1.54, 1.807) is 6.07 Å². The van der Waals surface area contributed by atoms with Gasteiger partial charge in [-0.1, -0.05) is 19.1 Å². The molecule has 0 spiro atoms. The summed E-state index contributed by atoms with van der Waals surface area (Å²) in [6, 6.07) is 5.81. The Bertz CT molecular complexity index is 581. The Hall–Kier alpha value is -2.70. The van der Waals surface area contributed by atoms with Gasteiger partial charge < -0.3 is 10.6 Å². The maximum atomic E-state index is 11.9. The van der Waals surface area contributed by atoms with Crippen molar-refractivity contribution in [2.45, 2.75) is 20.3 Å². The van der Waals surface area contributed by atoms with E-state index in [2.05, 4.69) is 10.6 Å². The predicted octanol–water partition coefficient (Wildman–Crippen LogP) is 1.60. The molecule has 0 aliphatic carbocycles. The van der Waals surface area contributed by atoms with Crippen LogP contribution in [0.15, 0.2) is 30.0 Å². The fourth-order valence-electron chi connectivity index (χ4n) is 1.58. The van der Waals surface area contributed by atoms with Crippen LogP contribution in [0.4, 0.5) is 5.69 Å². The fourth-order valence-corrected chi connectivity index (χ4v) is 1.58. The van der Waals surface area contributed by atoms with E-state index in [1.165, 1.54) is 31.2 Å². The molecule has 1 aromatic rings. The van der Waals surface area contributed by atoms with E-state index < -0.39 is 16.7 Å². The normalized spacial score (nSPS) is 10.9. The second-order valence-electron chi connectivity index (χ2n) is 4.35. The van der Waals surface area contributed by atoms with Gasteiger partial charge in [0.1, 0.15) is 5.70 Å². The Labute approximate surface area is 122 Å². The van der Waals surface area contributed by atoms with Crippen LogP contribution in [0, 0.1) is 10.1 Å². The third kappa shape index (κ3) is 5.43. The molecular formula is C14H17N3O4. The number of nitrogens with zero attached hydrogens (tertiary/aromatic N) is 1. The van der Waals surface area contributed by atoms with Gasteiger partial charge >= 0.3 is 0 Å². The van der Waals surface area contributed by atoms with Gasteiger partial charge in [-0.3, -0.25) is 19.7 Å². The van der Waals surface area contributed by atoms with Crippen molar-refractivity contribution in [1.29, 1.82) is 0 Å². The highest BCUT2D eigenvalue weighted by atomic mass is 16.6. The Kier molecular flexibility index (Phi) is 6.06. The van der Waals surface area contributed by atoms with E-state index >= 15 is 0 Å². The Morgan fingerprint density at radius 3 is 2.67 bits per heavy atom. The van der Waals surface area contributed by atoms with Gasteiger partial charge in [-0.15, -0.1) is 0 Å². The zero-order chi connectivity index (χ0) is 15.8. The van der Waals surface area contributed by atoms with Gasteiger partial charge in [0.25, 0.3) is 11.6 Å². The molecule has 2 amide bonds. The fraction of sp³-hybridized carbons (Fsp3) is 0.286. The molecule has 0 aliphatic rings. The molecule has 112 valence electrons. The van der Waals surface area contributed by atoms with Crippen LogP contribution in [0.1, 0.15) is 25.8 Å². The molecular weight excluding hydrogens is 274 g/mol. The molecule has 7 heteroatoms. The number of hydrogen-bond donors (Lipinski definition) is 2. The molecule has 21 heavy (non-hydrogen) atoms. The smallest absolute Gasteiger partial charge is 0.270 e. The van der Waals surface area contributed by atoms with Gasteiger partial charge in [0.15, 0.2) is 0 Å².